The monoisotopic (exact) mass is 212 g/mol. The van der Waals surface area contributed by atoms with Crippen LogP contribution in [0.5, 0.6) is 0 Å². The Kier molecular flexibility index (Phi) is 2.06. The second-order valence-electron chi connectivity index (χ2n) is 3.33. The van der Waals surface area contributed by atoms with Crippen molar-refractivity contribution in [3.05, 3.63) is 23.1 Å². The third kappa shape index (κ3) is 1.25. The van der Waals surface area contributed by atoms with E-state index in [2.05, 4.69) is 10.1 Å². The van der Waals surface area contributed by atoms with Crippen LogP contribution >= 0.6 is 0 Å². The summed E-state index contributed by atoms with van der Waals surface area (Å²) in [5.74, 6) is 0.220. The van der Waals surface area contributed by atoms with E-state index in [0.29, 0.717) is 16.8 Å². The number of nitrogens with zero attached hydrogens (tertiary/aromatic N) is 3. The smallest absolute Gasteiger partial charge is 0.265 e. The summed E-state index contributed by atoms with van der Waals surface area (Å²) >= 11 is 0. The number of hydrogen-bond donors (Lipinski definition) is 1. The predicted octanol–water partition coefficient (Wildman–Crippen LogP) is 1.87. The minimum absolute atomic E-state index is 0.0119. The standard InChI is InChI=1S/C9H10F2N4/c1-4-6(8(10)11)5(2)15-7(4)9(12)13-3-14-15/h3,8H,1-2H3,(H2,12,13,14). The molecular weight excluding hydrogens is 202 g/mol. The molecule has 0 aliphatic rings. The normalized spacial score (nSPS) is 11.5. The molecular formula is C9H10F2N4. The van der Waals surface area contributed by atoms with Crippen LogP contribution in [0.25, 0.3) is 5.52 Å². The average molecular weight is 212 g/mol. The van der Waals surface area contributed by atoms with Gasteiger partial charge in [-0.05, 0) is 19.4 Å². The summed E-state index contributed by atoms with van der Waals surface area (Å²) in [7, 11) is 0. The van der Waals surface area contributed by atoms with Crippen molar-refractivity contribution < 1.29 is 8.78 Å². The van der Waals surface area contributed by atoms with Gasteiger partial charge >= 0.3 is 0 Å². The topological polar surface area (TPSA) is 56.2 Å². The Bertz CT molecular complexity index is 518. The molecule has 0 saturated heterocycles. The Labute approximate surface area is 84.7 Å². The summed E-state index contributed by atoms with van der Waals surface area (Å²) < 4.78 is 26.9. The van der Waals surface area contributed by atoms with E-state index in [-0.39, 0.29) is 11.4 Å². The number of nitrogens with two attached hydrogens (primary N) is 1. The van der Waals surface area contributed by atoms with Crippen LogP contribution in [0, 0.1) is 13.8 Å². The van der Waals surface area contributed by atoms with Crippen molar-refractivity contribution in [2.24, 2.45) is 0 Å². The minimum atomic E-state index is -2.52. The van der Waals surface area contributed by atoms with Crippen LogP contribution in [0.2, 0.25) is 0 Å². The first-order valence-electron chi connectivity index (χ1n) is 4.40. The molecule has 0 atom stereocenters. The fourth-order valence-corrected chi connectivity index (χ4v) is 1.81. The number of nitrogen functional groups attached to an aromatic ring is 1. The molecule has 4 nitrogen and oxygen atoms in total. The van der Waals surface area contributed by atoms with E-state index in [0.717, 1.165) is 0 Å². The highest BCUT2D eigenvalue weighted by Crippen LogP contribution is 2.31. The van der Waals surface area contributed by atoms with Gasteiger partial charge in [0.05, 0.1) is 0 Å². The number of hydrogen-bond acceptors (Lipinski definition) is 3. The lowest BCUT2D eigenvalue weighted by Crippen LogP contribution is -2.00. The number of rotatable bonds is 1. The van der Waals surface area contributed by atoms with Gasteiger partial charge in [-0.3, -0.25) is 0 Å². The van der Waals surface area contributed by atoms with Gasteiger partial charge in [0.2, 0.25) is 0 Å². The van der Waals surface area contributed by atoms with Crippen LogP contribution in [0.15, 0.2) is 6.33 Å². The summed E-state index contributed by atoms with van der Waals surface area (Å²) in [6.45, 7) is 3.19. The second kappa shape index (κ2) is 3.15. The van der Waals surface area contributed by atoms with Gasteiger partial charge in [-0.25, -0.2) is 18.3 Å². The zero-order chi connectivity index (χ0) is 11.2. The van der Waals surface area contributed by atoms with Crippen molar-refractivity contribution in [3.63, 3.8) is 0 Å². The van der Waals surface area contributed by atoms with Crippen LogP contribution in [0.4, 0.5) is 14.6 Å². The van der Waals surface area contributed by atoms with Gasteiger partial charge in [0.15, 0.2) is 5.82 Å². The minimum Gasteiger partial charge on any atom is -0.382 e. The molecule has 0 amide bonds. The molecule has 2 aromatic heterocycles. The number of alkyl halides is 2. The summed E-state index contributed by atoms with van der Waals surface area (Å²) in [4.78, 5) is 3.78. The molecule has 0 aliphatic carbocycles. The van der Waals surface area contributed by atoms with E-state index < -0.39 is 6.43 Å². The van der Waals surface area contributed by atoms with Gasteiger partial charge in [-0.15, -0.1) is 0 Å². The van der Waals surface area contributed by atoms with Crippen molar-refractivity contribution in [1.29, 1.82) is 0 Å². The lowest BCUT2D eigenvalue weighted by Gasteiger charge is -1.98. The third-order valence-electron chi connectivity index (χ3n) is 2.50. The molecule has 2 heterocycles. The predicted molar refractivity (Wildman–Crippen MR) is 51.8 cm³/mol. The van der Waals surface area contributed by atoms with Crippen molar-refractivity contribution in [3.8, 4) is 0 Å². The lowest BCUT2D eigenvalue weighted by atomic mass is 10.1. The largest absolute Gasteiger partial charge is 0.382 e. The molecule has 0 aliphatic heterocycles. The Morgan fingerprint density at radius 1 is 1.40 bits per heavy atom. The fourth-order valence-electron chi connectivity index (χ4n) is 1.81. The molecule has 0 aromatic carbocycles. The molecule has 2 N–H and O–H groups in total. The Hall–Kier alpha value is -1.72. The quantitative estimate of drug-likeness (QED) is 0.785. The number of anilines is 1. The van der Waals surface area contributed by atoms with Crippen LogP contribution in [0.3, 0.4) is 0 Å². The summed E-state index contributed by atoms with van der Waals surface area (Å²) in [6.07, 6.45) is -1.27. The molecule has 2 rings (SSSR count). The highest BCUT2D eigenvalue weighted by Gasteiger charge is 2.21. The summed E-state index contributed by atoms with van der Waals surface area (Å²) in [6, 6.07) is 0. The molecule has 0 radical (unpaired) electrons. The van der Waals surface area contributed by atoms with Crippen molar-refractivity contribution in [1.82, 2.24) is 14.6 Å². The Balaban J connectivity index is 2.92. The van der Waals surface area contributed by atoms with Crippen molar-refractivity contribution in [2.45, 2.75) is 20.3 Å². The number of aryl methyl sites for hydroxylation is 2. The third-order valence-corrected chi connectivity index (χ3v) is 2.50. The van der Waals surface area contributed by atoms with E-state index in [1.807, 2.05) is 0 Å². The van der Waals surface area contributed by atoms with Gasteiger partial charge in [0.1, 0.15) is 11.8 Å². The summed E-state index contributed by atoms with van der Waals surface area (Å²) in [5.41, 5.74) is 6.93. The van der Waals surface area contributed by atoms with Crippen molar-refractivity contribution >= 4 is 11.3 Å². The maximum atomic E-state index is 12.8. The maximum absolute atomic E-state index is 12.8. The molecule has 0 unspecified atom stereocenters. The number of fused-ring (bicyclic) bond motifs is 1. The van der Waals surface area contributed by atoms with Crippen molar-refractivity contribution in [2.75, 3.05) is 5.73 Å². The maximum Gasteiger partial charge on any atom is 0.265 e. The molecule has 0 spiro atoms. The molecule has 0 saturated carbocycles. The zero-order valence-corrected chi connectivity index (χ0v) is 8.33. The van der Waals surface area contributed by atoms with Gasteiger partial charge < -0.3 is 5.73 Å². The fraction of sp³-hybridized carbons (Fsp3) is 0.333. The molecule has 15 heavy (non-hydrogen) atoms. The average Bonchev–Trinajstić information content (AvgIpc) is 2.40. The molecule has 0 fully saturated rings. The number of aromatic nitrogens is 3. The van der Waals surface area contributed by atoms with E-state index in [4.69, 9.17) is 5.73 Å². The lowest BCUT2D eigenvalue weighted by molar-refractivity contribution is 0.150. The molecule has 6 heteroatoms. The van der Waals surface area contributed by atoms with E-state index in [9.17, 15) is 8.78 Å². The zero-order valence-electron chi connectivity index (χ0n) is 8.33. The van der Waals surface area contributed by atoms with E-state index in [1.165, 1.54) is 10.8 Å². The highest BCUT2D eigenvalue weighted by atomic mass is 19.3. The Morgan fingerprint density at radius 2 is 2.07 bits per heavy atom. The van der Waals surface area contributed by atoms with Gasteiger partial charge in [0, 0.05) is 11.3 Å². The van der Waals surface area contributed by atoms with Gasteiger partial charge in [-0.1, -0.05) is 0 Å². The second-order valence-corrected chi connectivity index (χ2v) is 3.33. The van der Waals surface area contributed by atoms with Crippen LogP contribution < -0.4 is 5.73 Å². The first-order chi connectivity index (χ1) is 7.04. The SMILES string of the molecule is Cc1c(C(F)F)c(C)n2ncnc(N)c12. The highest BCUT2D eigenvalue weighted by molar-refractivity contribution is 5.72. The van der Waals surface area contributed by atoms with Gasteiger partial charge in [0.25, 0.3) is 6.43 Å². The first kappa shape index (κ1) is 9.82. The van der Waals surface area contributed by atoms with Crippen LogP contribution in [0.1, 0.15) is 23.2 Å². The van der Waals surface area contributed by atoms with E-state index >= 15 is 0 Å². The first-order valence-corrected chi connectivity index (χ1v) is 4.40. The van der Waals surface area contributed by atoms with Crippen LogP contribution in [-0.2, 0) is 0 Å². The summed E-state index contributed by atoms with van der Waals surface area (Å²) in [5, 5.41) is 3.90. The number of halogens is 2. The van der Waals surface area contributed by atoms with Crippen LogP contribution in [-0.4, -0.2) is 14.6 Å². The molecule has 80 valence electrons. The van der Waals surface area contributed by atoms with Gasteiger partial charge in [-0.2, -0.15) is 5.10 Å². The van der Waals surface area contributed by atoms with E-state index in [1.54, 1.807) is 13.8 Å². The molecule has 2 aromatic rings. The molecule has 0 bridgehead atoms. The Morgan fingerprint density at radius 3 is 2.60 bits per heavy atom.